The summed E-state index contributed by atoms with van der Waals surface area (Å²) in [6.07, 6.45) is 9.06. The van der Waals surface area contributed by atoms with Crippen molar-refractivity contribution in [1.29, 1.82) is 0 Å². The Morgan fingerprint density at radius 1 is 0.815 bits per heavy atom. The SMILES string of the molecule is c1cc(-c2cnc(-c3cncc4[nH]cnc34)c3[nH]ccc23)c2nsnc2c1. The lowest BCUT2D eigenvalue weighted by atomic mass is 10.0. The van der Waals surface area contributed by atoms with Crippen LogP contribution >= 0.6 is 11.7 Å². The topological polar surface area (TPSA) is 96.0 Å². The Bertz CT molecular complexity index is 1330. The van der Waals surface area contributed by atoms with E-state index in [-0.39, 0.29) is 0 Å². The monoisotopic (exact) mass is 369 g/mol. The Labute approximate surface area is 156 Å². The van der Waals surface area contributed by atoms with Crippen molar-refractivity contribution < 1.29 is 0 Å². The molecule has 5 aromatic heterocycles. The second-order valence-electron chi connectivity index (χ2n) is 6.21. The number of fused-ring (bicyclic) bond motifs is 3. The second-order valence-corrected chi connectivity index (χ2v) is 6.74. The van der Waals surface area contributed by atoms with Crippen LogP contribution in [0, 0.1) is 0 Å². The first kappa shape index (κ1) is 14.5. The second kappa shape index (κ2) is 5.42. The number of aromatic amines is 2. The number of H-pyrrole nitrogens is 2. The summed E-state index contributed by atoms with van der Waals surface area (Å²) in [5, 5.41) is 1.08. The van der Waals surface area contributed by atoms with Gasteiger partial charge >= 0.3 is 0 Å². The van der Waals surface area contributed by atoms with Crippen molar-refractivity contribution in [3.63, 3.8) is 0 Å². The van der Waals surface area contributed by atoms with E-state index in [4.69, 9.17) is 4.98 Å². The zero-order valence-corrected chi connectivity index (χ0v) is 14.7. The maximum absolute atomic E-state index is 4.78. The molecule has 7 nitrogen and oxygen atoms in total. The molecule has 0 radical (unpaired) electrons. The van der Waals surface area contributed by atoms with E-state index >= 15 is 0 Å². The zero-order chi connectivity index (χ0) is 17.8. The van der Waals surface area contributed by atoms with Crippen LogP contribution in [0.1, 0.15) is 0 Å². The molecule has 0 saturated heterocycles. The molecule has 8 heteroatoms. The van der Waals surface area contributed by atoms with Crippen LogP contribution in [0.25, 0.3) is 55.4 Å². The standard InChI is InChI=1S/C19H11N7S/c1-2-10(17-14(3-1)25-27-26-17)12-7-22-19(18-11(12)4-5-21-18)13-6-20-8-15-16(13)24-9-23-15/h1-9,21H,(H,23,24). The number of benzene rings is 1. The summed E-state index contributed by atoms with van der Waals surface area (Å²) in [5.41, 5.74) is 8.25. The Morgan fingerprint density at radius 3 is 2.81 bits per heavy atom. The van der Waals surface area contributed by atoms with Gasteiger partial charge in [-0.05, 0) is 12.1 Å². The summed E-state index contributed by atoms with van der Waals surface area (Å²) < 4.78 is 8.82. The molecular formula is C19H11N7S. The van der Waals surface area contributed by atoms with Gasteiger partial charge in [-0.2, -0.15) is 8.75 Å². The van der Waals surface area contributed by atoms with Crippen molar-refractivity contribution in [2.45, 2.75) is 0 Å². The minimum absolute atomic E-state index is 0.826. The van der Waals surface area contributed by atoms with E-state index in [2.05, 4.69) is 40.8 Å². The minimum Gasteiger partial charge on any atom is -0.359 e. The van der Waals surface area contributed by atoms with Gasteiger partial charge in [0.1, 0.15) is 16.6 Å². The van der Waals surface area contributed by atoms with E-state index < -0.39 is 0 Å². The molecule has 0 atom stereocenters. The fourth-order valence-corrected chi connectivity index (χ4v) is 4.08. The number of nitrogens with one attached hydrogen (secondary N) is 2. The van der Waals surface area contributed by atoms with Crippen LogP contribution in [0.4, 0.5) is 0 Å². The summed E-state index contributed by atoms with van der Waals surface area (Å²) in [7, 11) is 0. The van der Waals surface area contributed by atoms with Gasteiger partial charge in [0.25, 0.3) is 0 Å². The maximum atomic E-state index is 4.78. The first-order valence-electron chi connectivity index (χ1n) is 8.35. The molecule has 27 heavy (non-hydrogen) atoms. The lowest BCUT2D eigenvalue weighted by molar-refractivity contribution is 1.30. The summed E-state index contributed by atoms with van der Waals surface area (Å²) in [6, 6.07) is 8.09. The molecule has 0 aliphatic carbocycles. The normalized spacial score (nSPS) is 11.7. The highest BCUT2D eigenvalue weighted by Crippen LogP contribution is 2.36. The molecular weight excluding hydrogens is 358 g/mol. The van der Waals surface area contributed by atoms with E-state index in [9.17, 15) is 0 Å². The Hall–Kier alpha value is -3.65. The van der Waals surface area contributed by atoms with E-state index in [1.54, 1.807) is 18.7 Å². The molecule has 2 N–H and O–H groups in total. The van der Waals surface area contributed by atoms with Gasteiger partial charge < -0.3 is 9.97 Å². The van der Waals surface area contributed by atoms with Crippen molar-refractivity contribution in [3.8, 4) is 22.4 Å². The third kappa shape index (κ3) is 2.04. The lowest BCUT2D eigenvalue weighted by Gasteiger charge is -2.08. The van der Waals surface area contributed by atoms with Crippen LogP contribution in [-0.4, -0.2) is 33.7 Å². The summed E-state index contributed by atoms with van der Waals surface area (Å²) in [5.74, 6) is 0. The van der Waals surface area contributed by atoms with Gasteiger partial charge in [0.2, 0.25) is 0 Å². The smallest absolute Gasteiger partial charge is 0.112 e. The average molecular weight is 369 g/mol. The molecule has 1 aromatic carbocycles. The Morgan fingerprint density at radius 2 is 1.81 bits per heavy atom. The highest BCUT2D eigenvalue weighted by Gasteiger charge is 2.17. The van der Waals surface area contributed by atoms with Gasteiger partial charge in [-0.3, -0.25) is 9.97 Å². The van der Waals surface area contributed by atoms with Crippen LogP contribution in [0.15, 0.2) is 55.4 Å². The number of hydrogen-bond donors (Lipinski definition) is 2. The number of imidazole rings is 1. The number of rotatable bonds is 2. The quantitative estimate of drug-likeness (QED) is 0.477. The van der Waals surface area contributed by atoms with Crippen LogP contribution in [0.5, 0.6) is 0 Å². The predicted molar refractivity (Wildman–Crippen MR) is 105 cm³/mol. The zero-order valence-electron chi connectivity index (χ0n) is 13.8. The van der Waals surface area contributed by atoms with Gasteiger partial charge in [0.05, 0.1) is 41.0 Å². The third-order valence-electron chi connectivity index (χ3n) is 4.76. The molecule has 0 aliphatic rings. The lowest BCUT2D eigenvalue weighted by Crippen LogP contribution is -1.91. The Balaban J connectivity index is 1.66. The van der Waals surface area contributed by atoms with Crippen molar-refractivity contribution >= 4 is 44.7 Å². The van der Waals surface area contributed by atoms with E-state index in [0.29, 0.717) is 0 Å². The molecule has 0 saturated carbocycles. The maximum Gasteiger partial charge on any atom is 0.112 e. The van der Waals surface area contributed by atoms with Crippen LogP contribution in [0.2, 0.25) is 0 Å². The average Bonchev–Trinajstić information content (AvgIpc) is 3.46. The van der Waals surface area contributed by atoms with E-state index in [1.807, 2.05) is 24.5 Å². The van der Waals surface area contributed by atoms with Gasteiger partial charge in [-0.15, -0.1) is 0 Å². The van der Waals surface area contributed by atoms with Crippen LogP contribution in [-0.2, 0) is 0 Å². The molecule has 6 rings (SSSR count). The highest BCUT2D eigenvalue weighted by atomic mass is 32.1. The highest BCUT2D eigenvalue weighted by molar-refractivity contribution is 7.00. The molecule has 0 aliphatic heterocycles. The van der Waals surface area contributed by atoms with Gasteiger partial charge in [-0.1, -0.05) is 12.1 Å². The van der Waals surface area contributed by atoms with Crippen LogP contribution in [0.3, 0.4) is 0 Å². The largest absolute Gasteiger partial charge is 0.359 e. The minimum atomic E-state index is 0.826. The number of hydrogen-bond acceptors (Lipinski definition) is 6. The fraction of sp³-hybridized carbons (Fsp3) is 0. The first-order chi connectivity index (χ1) is 13.4. The molecule has 0 unspecified atom stereocenters. The number of pyridine rings is 2. The van der Waals surface area contributed by atoms with Crippen molar-refractivity contribution in [1.82, 2.24) is 33.7 Å². The molecule has 0 amide bonds. The summed E-state index contributed by atoms with van der Waals surface area (Å²) in [6.45, 7) is 0. The van der Waals surface area contributed by atoms with Gasteiger partial charge in [-0.25, -0.2) is 4.98 Å². The molecule has 128 valence electrons. The number of nitrogens with zero attached hydrogens (tertiary/aromatic N) is 5. The third-order valence-corrected chi connectivity index (χ3v) is 5.30. The van der Waals surface area contributed by atoms with E-state index in [1.165, 1.54) is 11.7 Å². The Kier molecular flexibility index (Phi) is 2.91. The molecule has 0 spiro atoms. The molecule has 6 aromatic rings. The molecule has 0 fully saturated rings. The fourth-order valence-electron chi connectivity index (χ4n) is 3.53. The molecule has 0 bridgehead atoms. The summed E-state index contributed by atoms with van der Waals surface area (Å²) in [4.78, 5) is 20.0. The van der Waals surface area contributed by atoms with Crippen LogP contribution < -0.4 is 0 Å². The van der Waals surface area contributed by atoms with Crippen molar-refractivity contribution in [3.05, 3.63) is 55.4 Å². The van der Waals surface area contributed by atoms with Gasteiger partial charge in [0.15, 0.2) is 0 Å². The number of aromatic nitrogens is 7. The van der Waals surface area contributed by atoms with Crippen molar-refractivity contribution in [2.24, 2.45) is 0 Å². The van der Waals surface area contributed by atoms with E-state index in [0.717, 1.165) is 55.4 Å². The predicted octanol–water partition coefficient (Wildman–Crippen LogP) is 4.17. The summed E-state index contributed by atoms with van der Waals surface area (Å²) >= 11 is 1.22. The first-order valence-corrected chi connectivity index (χ1v) is 9.08. The van der Waals surface area contributed by atoms with Crippen molar-refractivity contribution in [2.75, 3.05) is 0 Å². The molecule has 5 heterocycles. The van der Waals surface area contributed by atoms with Gasteiger partial charge in [0, 0.05) is 40.7 Å².